The molecule has 1 heterocycles. The van der Waals surface area contributed by atoms with Crippen LogP contribution >= 0.6 is 0 Å². The maximum atomic E-state index is 12.7. The smallest absolute Gasteiger partial charge is 0.278 e. The summed E-state index contributed by atoms with van der Waals surface area (Å²) in [5.41, 5.74) is 3.29. The van der Waals surface area contributed by atoms with Gasteiger partial charge in [0.05, 0.1) is 0 Å². The molecule has 5 heteroatoms. The number of hydrogen-bond acceptors (Lipinski definition) is 4. The summed E-state index contributed by atoms with van der Waals surface area (Å²) in [6.45, 7) is 4.54. The highest BCUT2D eigenvalue weighted by Crippen LogP contribution is 2.17. The summed E-state index contributed by atoms with van der Waals surface area (Å²) in [5, 5.41) is 11.4. The Bertz CT molecular complexity index is 830. The zero-order valence-corrected chi connectivity index (χ0v) is 14.3. The molecule has 0 saturated carbocycles. The summed E-state index contributed by atoms with van der Waals surface area (Å²) < 4.78 is 0. The van der Waals surface area contributed by atoms with Gasteiger partial charge in [0.1, 0.15) is 0 Å². The summed E-state index contributed by atoms with van der Waals surface area (Å²) >= 11 is 0. The number of benzene rings is 2. The van der Waals surface area contributed by atoms with Crippen molar-refractivity contribution < 1.29 is 4.79 Å². The van der Waals surface area contributed by atoms with E-state index in [-0.39, 0.29) is 5.91 Å². The van der Waals surface area contributed by atoms with Crippen LogP contribution in [-0.4, -0.2) is 22.6 Å². The number of rotatable bonds is 5. The van der Waals surface area contributed by atoms with Gasteiger partial charge in [-0.3, -0.25) is 4.79 Å². The van der Waals surface area contributed by atoms with E-state index in [9.17, 15) is 4.79 Å². The number of carbonyl (C=O) groups is 1. The van der Waals surface area contributed by atoms with Crippen molar-refractivity contribution in [2.75, 3.05) is 16.8 Å². The average Bonchev–Trinajstić information content (AvgIpc) is 2.66. The molecular formula is C20H20N4O. The van der Waals surface area contributed by atoms with Gasteiger partial charge in [-0.15, -0.1) is 10.2 Å². The Morgan fingerprint density at radius 3 is 2.28 bits per heavy atom. The van der Waals surface area contributed by atoms with Crippen LogP contribution in [0.25, 0.3) is 0 Å². The summed E-state index contributed by atoms with van der Waals surface area (Å²) in [5.74, 6) is 0.436. The lowest BCUT2D eigenvalue weighted by molar-refractivity contribution is 0.0982. The van der Waals surface area contributed by atoms with Crippen LogP contribution in [0.4, 0.5) is 17.2 Å². The molecule has 0 spiro atoms. The highest BCUT2D eigenvalue weighted by Gasteiger charge is 2.17. The van der Waals surface area contributed by atoms with Gasteiger partial charge in [0.15, 0.2) is 11.5 Å². The molecule has 3 rings (SSSR count). The zero-order valence-electron chi connectivity index (χ0n) is 14.3. The first-order valence-electron chi connectivity index (χ1n) is 8.21. The number of hydrogen-bond donors (Lipinski definition) is 1. The van der Waals surface area contributed by atoms with Crippen LogP contribution in [0, 0.1) is 6.92 Å². The number of anilines is 3. The Hall–Kier alpha value is -3.21. The molecule has 1 aromatic heterocycles. The minimum atomic E-state index is -0.164. The van der Waals surface area contributed by atoms with Crippen LogP contribution in [0.15, 0.2) is 66.7 Å². The predicted molar refractivity (Wildman–Crippen MR) is 100 cm³/mol. The molecule has 5 nitrogen and oxygen atoms in total. The minimum Gasteiger partial charge on any atom is -0.339 e. The molecule has 0 saturated heterocycles. The van der Waals surface area contributed by atoms with Crippen LogP contribution in [0.3, 0.4) is 0 Å². The number of aryl methyl sites for hydroxylation is 1. The molecule has 0 aliphatic heterocycles. The second kappa shape index (κ2) is 7.57. The average molecular weight is 332 g/mol. The van der Waals surface area contributed by atoms with E-state index in [4.69, 9.17) is 0 Å². The van der Waals surface area contributed by atoms with Crippen molar-refractivity contribution in [2.24, 2.45) is 0 Å². The zero-order chi connectivity index (χ0) is 17.6. The second-order valence-electron chi connectivity index (χ2n) is 5.68. The van der Waals surface area contributed by atoms with Crippen LogP contribution in [0.5, 0.6) is 0 Å². The van der Waals surface area contributed by atoms with E-state index in [0.717, 1.165) is 11.4 Å². The number of aromatic nitrogens is 2. The molecule has 0 aliphatic rings. The Labute approximate surface area is 147 Å². The van der Waals surface area contributed by atoms with Crippen LogP contribution in [-0.2, 0) is 0 Å². The molecule has 25 heavy (non-hydrogen) atoms. The molecular weight excluding hydrogens is 312 g/mol. The molecule has 0 atom stereocenters. The number of nitrogens with zero attached hydrogens (tertiary/aromatic N) is 3. The quantitative estimate of drug-likeness (QED) is 0.761. The van der Waals surface area contributed by atoms with Crippen molar-refractivity contribution >= 4 is 23.1 Å². The topological polar surface area (TPSA) is 58.1 Å². The molecule has 2 aromatic carbocycles. The lowest BCUT2D eigenvalue weighted by atomic mass is 10.2. The number of nitrogens with one attached hydrogen (secondary N) is 1. The van der Waals surface area contributed by atoms with Gasteiger partial charge >= 0.3 is 0 Å². The van der Waals surface area contributed by atoms with Gasteiger partial charge in [-0.25, -0.2) is 0 Å². The first-order valence-corrected chi connectivity index (χ1v) is 8.21. The largest absolute Gasteiger partial charge is 0.339 e. The normalized spacial score (nSPS) is 10.3. The highest BCUT2D eigenvalue weighted by molar-refractivity contribution is 6.04. The molecule has 0 bridgehead atoms. The van der Waals surface area contributed by atoms with Crippen LogP contribution in [0.2, 0.25) is 0 Å². The third-order valence-corrected chi connectivity index (χ3v) is 3.84. The first-order chi connectivity index (χ1) is 12.2. The molecule has 0 aliphatic carbocycles. The Morgan fingerprint density at radius 2 is 1.68 bits per heavy atom. The Kier molecular flexibility index (Phi) is 5.04. The third kappa shape index (κ3) is 4.01. The van der Waals surface area contributed by atoms with Crippen molar-refractivity contribution in [3.05, 3.63) is 78.0 Å². The maximum Gasteiger partial charge on any atom is 0.278 e. The van der Waals surface area contributed by atoms with Gasteiger partial charge in [0.2, 0.25) is 0 Å². The Balaban J connectivity index is 1.74. The maximum absolute atomic E-state index is 12.7. The highest BCUT2D eigenvalue weighted by atomic mass is 16.2. The standard InChI is InChI=1S/C20H20N4O/c1-3-24(17-7-5-4-6-8-17)20(25)18-13-14-19(23-22-18)21-16-11-9-15(2)10-12-16/h4-14H,3H2,1-2H3,(H,21,23). The fourth-order valence-electron chi connectivity index (χ4n) is 2.49. The van der Waals surface area contributed by atoms with Gasteiger partial charge in [0.25, 0.3) is 5.91 Å². The van der Waals surface area contributed by atoms with Gasteiger partial charge in [-0.2, -0.15) is 0 Å². The monoisotopic (exact) mass is 332 g/mol. The van der Waals surface area contributed by atoms with Crippen LogP contribution < -0.4 is 10.2 Å². The van der Waals surface area contributed by atoms with E-state index in [2.05, 4.69) is 15.5 Å². The van der Waals surface area contributed by atoms with E-state index < -0.39 is 0 Å². The summed E-state index contributed by atoms with van der Waals surface area (Å²) in [7, 11) is 0. The van der Waals surface area contributed by atoms with E-state index in [1.807, 2.05) is 68.4 Å². The lowest BCUT2D eigenvalue weighted by Crippen LogP contribution is -2.31. The Morgan fingerprint density at radius 1 is 0.960 bits per heavy atom. The van der Waals surface area contributed by atoms with Gasteiger partial charge < -0.3 is 10.2 Å². The third-order valence-electron chi connectivity index (χ3n) is 3.84. The van der Waals surface area contributed by atoms with Gasteiger partial charge in [0, 0.05) is 17.9 Å². The van der Waals surface area contributed by atoms with Crippen molar-refractivity contribution in [1.29, 1.82) is 0 Å². The van der Waals surface area contributed by atoms with E-state index in [1.54, 1.807) is 17.0 Å². The SMILES string of the molecule is CCN(C(=O)c1ccc(Nc2ccc(C)cc2)nn1)c1ccccc1. The van der Waals surface area contributed by atoms with Gasteiger partial charge in [-0.05, 0) is 50.2 Å². The fourth-order valence-corrected chi connectivity index (χ4v) is 2.49. The van der Waals surface area contributed by atoms with E-state index >= 15 is 0 Å². The van der Waals surface area contributed by atoms with Crippen molar-refractivity contribution in [3.63, 3.8) is 0 Å². The lowest BCUT2D eigenvalue weighted by Gasteiger charge is -2.20. The molecule has 1 amide bonds. The van der Waals surface area contributed by atoms with Gasteiger partial charge in [-0.1, -0.05) is 35.9 Å². The minimum absolute atomic E-state index is 0.164. The van der Waals surface area contributed by atoms with Crippen molar-refractivity contribution in [1.82, 2.24) is 10.2 Å². The van der Waals surface area contributed by atoms with Crippen LogP contribution in [0.1, 0.15) is 23.0 Å². The molecule has 3 aromatic rings. The molecule has 0 unspecified atom stereocenters. The second-order valence-corrected chi connectivity index (χ2v) is 5.68. The number of para-hydroxylation sites is 1. The predicted octanol–water partition coefficient (Wildman–Crippen LogP) is 4.20. The van der Waals surface area contributed by atoms with E-state index in [0.29, 0.717) is 18.1 Å². The molecule has 1 N–H and O–H groups in total. The summed E-state index contributed by atoms with van der Waals surface area (Å²) in [6.07, 6.45) is 0. The molecule has 126 valence electrons. The fraction of sp³-hybridized carbons (Fsp3) is 0.150. The number of carbonyl (C=O) groups excluding carboxylic acids is 1. The summed E-state index contributed by atoms with van der Waals surface area (Å²) in [6, 6.07) is 21.0. The van der Waals surface area contributed by atoms with Crippen molar-refractivity contribution in [2.45, 2.75) is 13.8 Å². The molecule has 0 fully saturated rings. The summed E-state index contributed by atoms with van der Waals surface area (Å²) in [4.78, 5) is 14.4. The van der Waals surface area contributed by atoms with E-state index in [1.165, 1.54) is 5.56 Å². The molecule has 0 radical (unpaired) electrons. The van der Waals surface area contributed by atoms with Crippen molar-refractivity contribution in [3.8, 4) is 0 Å². The number of amides is 1. The first kappa shape index (κ1) is 16.6.